The van der Waals surface area contributed by atoms with Crippen molar-refractivity contribution in [1.29, 1.82) is 0 Å². The van der Waals surface area contributed by atoms with E-state index >= 15 is 0 Å². The minimum absolute atomic E-state index is 0.413. The summed E-state index contributed by atoms with van der Waals surface area (Å²) in [6, 6.07) is 0. The molecule has 2 rings (SSSR count). The van der Waals surface area contributed by atoms with Gasteiger partial charge in [-0.3, -0.25) is 0 Å². The third-order valence-electron chi connectivity index (χ3n) is 3.54. The van der Waals surface area contributed by atoms with Gasteiger partial charge in [0.15, 0.2) is 0 Å². The van der Waals surface area contributed by atoms with Crippen molar-refractivity contribution in [3.63, 3.8) is 0 Å². The zero-order chi connectivity index (χ0) is 11.5. The van der Waals surface area contributed by atoms with Gasteiger partial charge in [0.2, 0.25) is 0 Å². The molecule has 1 heterocycles. The maximum atomic E-state index is 6.05. The molecule has 0 amide bonds. The standard InChI is InChI=1S/C13H21N3/c1-3-9(2)13-15-11-8-6-4-5-7-10(11)12(14)16-13/h9H,3-8H2,1-2H3,(H2,14,15,16). The summed E-state index contributed by atoms with van der Waals surface area (Å²) in [4.78, 5) is 9.18. The number of rotatable bonds is 2. The van der Waals surface area contributed by atoms with Crippen molar-refractivity contribution in [2.24, 2.45) is 0 Å². The zero-order valence-electron chi connectivity index (χ0n) is 10.3. The Hall–Kier alpha value is -1.12. The maximum Gasteiger partial charge on any atom is 0.133 e. The van der Waals surface area contributed by atoms with Crippen molar-refractivity contribution in [2.75, 3.05) is 5.73 Å². The molecular weight excluding hydrogens is 198 g/mol. The second-order valence-electron chi connectivity index (χ2n) is 4.76. The van der Waals surface area contributed by atoms with Crippen LogP contribution in [-0.4, -0.2) is 9.97 Å². The number of hydrogen-bond donors (Lipinski definition) is 1. The van der Waals surface area contributed by atoms with E-state index in [0.717, 1.165) is 30.9 Å². The Balaban J connectivity index is 2.39. The summed E-state index contributed by atoms with van der Waals surface area (Å²) in [6.45, 7) is 4.33. The van der Waals surface area contributed by atoms with Crippen LogP contribution in [0, 0.1) is 0 Å². The highest BCUT2D eigenvalue weighted by Gasteiger charge is 2.16. The van der Waals surface area contributed by atoms with E-state index in [0.29, 0.717) is 5.92 Å². The van der Waals surface area contributed by atoms with E-state index < -0.39 is 0 Å². The average Bonchev–Trinajstić information content (AvgIpc) is 2.53. The van der Waals surface area contributed by atoms with Gasteiger partial charge in [-0.1, -0.05) is 20.3 Å². The first-order valence-corrected chi connectivity index (χ1v) is 6.37. The van der Waals surface area contributed by atoms with E-state index in [-0.39, 0.29) is 0 Å². The largest absolute Gasteiger partial charge is 0.383 e. The lowest BCUT2D eigenvalue weighted by Gasteiger charge is -2.13. The third-order valence-corrected chi connectivity index (χ3v) is 3.54. The summed E-state index contributed by atoms with van der Waals surface area (Å²) in [5.41, 5.74) is 8.47. The normalized spacial score (nSPS) is 17.6. The summed E-state index contributed by atoms with van der Waals surface area (Å²) in [7, 11) is 0. The highest BCUT2D eigenvalue weighted by molar-refractivity contribution is 5.43. The second kappa shape index (κ2) is 4.81. The van der Waals surface area contributed by atoms with Crippen LogP contribution in [0.25, 0.3) is 0 Å². The van der Waals surface area contributed by atoms with Gasteiger partial charge in [0, 0.05) is 17.2 Å². The predicted molar refractivity (Wildman–Crippen MR) is 66.4 cm³/mol. The topological polar surface area (TPSA) is 51.8 Å². The number of aryl methyl sites for hydroxylation is 1. The lowest BCUT2D eigenvalue weighted by molar-refractivity contribution is 0.666. The monoisotopic (exact) mass is 219 g/mol. The van der Waals surface area contributed by atoms with Crippen LogP contribution in [-0.2, 0) is 12.8 Å². The first kappa shape index (κ1) is 11.4. The van der Waals surface area contributed by atoms with Crippen LogP contribution < -0.4 is 5.73 Å². The molecule has 88 valence electrons. The Bertz CT molecular complexity index is 374. The second-order valence-corrected chi connectivity index (χ2v) is 4.76. The molecule has 1 aliphatic rings. The molecule has 1 aromatic rings. The molecule has 1 atom stereocenters. The Morgan fingerprint density at radius 1 is 1.19 bits per heavy atom. The van der Waals surface area contributed by atoms with E-state index in [2.05, 4.69) is 18.8 Å². The summed E-state index contributed by atoms with van der Waals surface area (Å²) >= 11 is 0. The zero-order valence-corrected chi connectivity index (χ0v) is 10.3. The molecule has 0 saturated heterocycles. The average molecular weight is 219 g/mol. The molecule has 0 bridgehead atoms. The predicted octanol–water partition coefficient (Wildman–Crippen LogP) is 2.84. The summed E-state index contributed by atoms with van der Waals surface area (Å²) in [6.07, 6.45) is 6.95. The number of anilines is 1. The van der Waals surface area contributed by atoms with Crippen LogP contribution in [0.1, 0.15) is 62.5 Å². The summed E-state index contributed by atoms with van der Waals surface area (Å²) in [5.74, 6) is 2.07. The first-order chi connectivity index (χ1) is 7.72. The summed E-state index contributed by atoms with van der Waals surface area (Å²) in [5, 5.41) is 0. The molecule has 16 heavy (non-hydrogen) atoms. The van der Waals surface area contributed by atoms with Gasteiger partial charge in [0.25, 0.3) is 0 Å². The maximum absolute atomic E-state index is 6.05. The lowest BCUT2D eigenvalue weighted by Crippen LogP contribution is -2.10. The molecule has 0 aromatic carbocycles. The molecule has 1 aromatic heterocycles. The van der Waals surface area contributed by atoms with Crippen LogP contribution in [0.4, 0.5) is 5.82 Å². The van der Waals surface area contributed by atoms with Crippen molar-refractivity contribution in [1.82, 2.24) is 9.97 Å². The molecule has 0 spiro atoms. The van der Waals surface area contributed by atoms with Crippen LogP contribution in [0.5, 0.6) is 0 Å². The van der Waals surface area contributed by atoms with Gasteiger partial charge < -0.3 is 5.73 Å². The lowest BCUT2D eigenvalue weighted by atomic mass is 10.1. The molecule has 0 radical (unpaired) electrons. The Morgan fingerprint density at radius 2 is 1.94 bits per heavy atom. The van der Waals surface area contributed by atoms with Crippen molar-refractivity contribution in [3.05, 3.63) is 17.1 Å². The molecule has 1 unspecified atom stereocenters. The van der Waals surface area contributed by atoms with Crippen molar-refractivity contribution < 1.29 is 0 Å². The molecule has 1 aliphatic carbocycles. The minimum Gasteiger partial charge on any atom is -0.383 e. The van der Waals surface area contributed by atoms with Gasteiger partial charge in [-0.15, -0.1) is 0 Å². The minimum atomic E-state index is 0.413. The fourth-order valence-corrected chi connectivity index (χ4v) is 2.22. The number of fused-ring (bicyclic) bond motifs is 1. The van der Waals surface area contributed by atoms with E-state index in [1.165, 1.54) is 30.5 Å². The molecule has 0 aliphatic heterocycles. The third kappa shape index (κ3) is 2.18. The number of nitrogen functional groups attached to an aromatic ring is 1. The molecule has 2 N–H and O–H groups in total. The Morgan fingerprint density at radius 3 is 2.69 bits per heavy atom. The molecule has 0 saturated carbocycles. The fourth-order valence-electron chi connectivity index (χ4n) is 2.22. The number of hydrogen-bond acceptors (Lipinski definition) is 3. The molecular formula is C13H21N3. The molecule has 3 heteroatoms. The van der Waals surface area contributed by atoms with Gasteiger partial charge >= 0.3 is 0 Å². The number of nitrogens with two attached hydrogens (primary N) is 1. The van der Waals surface area contributed by atoms with Crippen molar-refractivity contribution in [3.8, 4) is 0 Å². The number of nitrogens with zero attached hydrogens (tertiary/aromatic N) is 2. The van der Waals surface area contributed by atoms with Crippen LogP contribution in [0.3, 0.4) is 0 Å². The number of aromatic nitrogens is 2. The van der Waals surface area contributed by atoms with Crippen LogP contribution in [0.15, 0.2) is 0 Å². The fraction of sp³-hybridized carbons (Fsp3) is 0.692. The summed E-state index contributed by atoms with van der Waals surface area (Å²) < 4.78 is 0. The van der Waals surface area contributed by atoms with Gasteiger partial charge in [0.1, 0.15) is 11.6 Å². The van der Waals surface area contributed by atoms with E-state index in [9.17, 15) is 0 Å². The van der Waals surface area contributed by atoms with Gasteiger partial charge in [-0.25, -0.2) is 9.97 Å². The van der Waals surface area contributed by atoms with Crippen LogP contribution in [0.2, 0.25) is 0 Å². The van der Waals surface area contributed by atoms with Gasteiger partial charge in [0.05, 0.1) is 0 Å². The van der Waals surface area contributed by atoms with E-state index in [1.54, 1.807) is 0 Å². The van der Waals surface area contributed by atoms with E-state index in [4.69, 9.17) is 10.7 Å². The van der Waals surface area contributed by atoms with Crippen molar-refractivity contribution in [2.45, 2.75) is 58.3 Å². The first-order valence-electron chi connectivity index (χ1n) is 6.37. The molecule has 0 fully saturated rings. The van der Waals surface area contributed by atoms with E-state index in [1.807, 2.05) is 0 Å². The highest BCUT2D eigenvalue weighted by Crippen LogP contribution is 2.25. The molecule has 3 nitrogen and oxygen atoms in total. The smallest absolute Gasteiger partial charge is 0.133 e. The Kier molecular flexibility index (Phi) is 3.42. The Labute approximate surface area is 97.5 Å². The van der Waals surface area contributed by atoms with Crippen LogP contribution >= 0.6 is 0 Å². The van der Waals surface area contributed by atoms with Gasteiger partial charge in [-0.05, 0) is 32.1 Å². The highest BCUT2D eigenvalue weighted by atomic mass is 15.0. The van der Waals surface area contributed by atoms with Gasteiger partial charge in [-0.2, -0.15) is 0 Å². The van der Waals surface area contributed by atoms with Crippen molar-refractivity contribution >= 4 is 5.82 Å². The SMILES string of the molecule is CCC(C)c1nc(N)c2c(n1)CCCCC2. The quantitative estimate of drug-likeness (QED) is 0.778.